The predicted molar refractivity (Wildman–Crippen MR) is 63.0 cm³/mol. The van der Waals surface area contributed by atoms with E-state index in [-0.39, 0.29) is 0 Å². The summed E-state index contributed by atoms with van der Waals surface area (Å²) in [5.41, 5.74) is 10.5. The number of imidazole rings is 1. The van der Waals surface area contributed by atoms with Gasteiger partial charge >= 0.3 is 0 Å². The van der Waals surface area contributed by atoms with Crippen molar-refractivity contribution in [3.63, 3.8) is 0 Å². The van der Waals surface area contributed by atoms with E-state index in [0.29, 0.717) is 12.6 Å². The second-order valence-corrected chi connectivity index (χ2v) is 4.16. The number of hydrogen-bond donors (Lipinski definition) is 1. The van der Waals surface area contributed by atoms with Crippen LogP contribution in [0.4, 0.5) is 0 Å². The van der Waals surface area contributed by atoms with Crippen LogP contribution < -0.4 is 5.73 Å². The van der Waals surface area contributed by atoms with Crippen LogP contribution >= 0.6 is 0 Å². The topological polar surface area (TPSA) is 43.8 Å². The smallest absolute Gasteiger partial charge is 0.0961 e. The highest BCUT2D eigenvalue weighted by Crippen LogP contribution is 2.20. The third-order valence-corrected chi connectivity index (χ3v) is 3.01. The Morgan fingerprint density at radius 1 is 1.33 bits per heavy atom. The summed E-state index contributed by atoms with van der Waals surface area (Å²) in [6.45, 7) is 6.98. The monoisotopic (exact) mass is 203 g/mol. The lowest BCUT2D eigenvalue weighted by Gasteiger charge is -2.12. The third-order valence-electron chi connectivity index (χ3n) is 3.01. The van der Waals surface area contributed by atoms with Crippen LogP contribution in [0.25, 0.3) is 11.0 Å². The van der Waals surface area contributed by atoms with Gasteiger partial charge in [0, 0.05) is 12.6 Å². The predicted octanol–water partition coefficient (Wildman–Crippen LogP) is 2.17. The van der Waals surface area contributed by atoms with Crippen molar-refractivity contribution in [2.75, 3.05) is 6.54 Å². The lowest BCUT2D eigenvalue weighted by Crippen LogP contribution is -2.15. The maximum atomic E-state index is 5.67. The molecule has 2 aromatic rings. The number of nitrogens with two attached hydrogens (primary N) is 1. The van der Waals surface area contributed by atoms with Gasteiger partial charge in [-0.25, -0.2) is 4.98 Å². The molecule has 1 atom stereocenters. The van der Waals surface area contributed by atoms with E-state index in [1.165, 1.54) is 16.6 Å². The number of aromatic nitrogens is 2. The average Bonchev–Trinajstić information content (AvgIpc) is 2.61. The second kappa shape index (κ2) is 3.66. The van der Waals surface area contributed by atoms with Crippen LogP contribution in [0.3, 0.4) is 0 Å². The average molecular weight is 203 g/mol. The number of nitrogens with zero attached hydrogens (tertiary/aromatic N) is 2. The van der Waals surface area contributed by atoms with Crippen molar-refractivity contribution >= 4 is 11.0 Å². The van der Waals surface area contributed by atoms with Crippen LogP contribution in [-0.2, 0) is 0 Å². The minimum absolute atomic E-state index is 0.303. The van der Waals surface area contributed by atoms with E-state index in [9.17, 15) is 0 Å². The molecular formula is C12H17N3. The second-order valence-electron chi connectivity index (χ2n) is 4.16. The lowest BCUT2D eigenvalue weighted by molar-refractivity contribution is 0.573. The zero-order valence-corrected chi connectivity index (χ0v) is 9.49. The molecule has 0 radical (unpaired) electrons. The molecule has 1 aromatic carbocycles. The van der Waals surface area contributed by atoms with Crippen molar-refractivity contribution in [3.05, 3.63) is 29.6 Å². The van der Waals surface area contributed by atoms with E-state index in [2.05, 4.69) is 42.5 Å². The van der Waals surface area contributed by atoms with Crippen molar-refractivity contribution in [1.29, 1.82) is 0 Å². The Kier molecular flexibility index (Phi) is 2.49. The van der Waals surface area contributed by atoms with E-state index in [4.69, 9.17) is 5.73 Å². The maximum absolute atomic E-state index is 5.67. The zero-order valence-electron chi connectivity index (χ0n) is 9.49. The molecule has 3 heteroatoms. The molecule has 0 amide bonds. The minimum atomic E-state index is 0.303. The maximum Gasteiger partial charge on any atom is 0.0961 e. The highest BCUT2D eigenvalue weighted by atomic mass is 15.1. The van der Waals surface area contributed by atoms with Gasteiger partial charge in [-0.15, -0.1) is 0 Å². The molecule has 3 nitrogen and oxygen atoms in total. The largest absolute Gasteiger partial charge is 0.328 e. The van der Waals surface area contributed by atoms with E-state index < -0.39 is 0 Å². The van der Waals surface area contributed by atoms with Crippen LogP contribution in [0.5, 0.6) is 0 Å². The molecule has 1 heterocycles. The van der Waals surface area contributed by atoms with Crippen molar-refractivity contribution in [2.24, 2.45) is 5.73 Å². The zero-order chi connectivity index (χ0) is 11.0. The number of fused-ring (bicyclic) bond motifs is 1. The molecule has 0 bridgehead atoms. The number of benzene rings is 1. The molecule has 0 aliphatic rings. The molecule has 0 aliphatic heterocycles. The number of hydrogen-bond acceptors (Lipinski definition) is 2. The van der Waals surface area contributed by atoms with Crippen LogP contribution in [-0.4, -0.2) is 16.1 Å². The summed E-state index contributed by atoms with van der Waals surface area (Å²) in [6.07, 6.45) is 1.88. The molecule has 1 unspecified atom stereocenters. The molecule has 0 aliphatic carbocycles. The highest BCUT2D eigenvalue weighted by Gasteiger charge is 2.08. The molecule has 2 rings (SSSR count). The fourth-order valence-electron chi connectivity index (χ4n) is 1.75. The van der Waals surface area contributed by atoms with Gasteiger partial charge in [0.2, 0.25) is 0 Å². The van der Waals surface area contributed by atoms with Gasteiger partial charge in [0.05, 0.1) is 17.4 Å². The van der Waals surface area contributed by atoms with Crippen molar-refractivity contribution < 1.29 is 0 Å². The number of aryl methyl sites for hydroxylation is 2. The van der Waals surface area contributed by atoms with E-state index in [1.54, 1.807) is 0 Å². The van der Waals surface area contributed by atoms with Gasteiger partial charge < -0.3 is 10.3 Å². The first kappa shape index (κ1) is 10.2. The Hall–Kier alpha value is -1.35. The van der Waals surface area contributed by atoms with Gasteiger partial charge in [-0.3, -0.25) is 0 Å². The van der Waals surface area contributed by atoms with E-state index in [0.717, 1.165) is 5.52 Å². The molecule has 2 N–H and O–H groups in total. The number of rotatable bonds is 2. The van der Waals surface area contributed by atoms with Crippen LogP contribution in [0, 0.1) is 13.8 Å². The Morgan fingerprint density at radius 3 is 2.67 bits per heavy atom. The minimum Gasteiger partial charge on any atom is -0.328 e. The summed E-state index contributed by atoms with van der Waals surface area (Å²) >= 11 is 0. The van der Waals surface area contributed by atoms with Crippen LogP contribution in [0.1, 0.15) is 24.1 Å². The summed E-state index contributed by atoms with van der Waals surface area (Å²) in [7, 11) is 0. The molecule has 0 fully saturated rings. The first-order chi connectivity index (χ1) is 7.13. The standard InChI is InChI=1S/C12H17N3/c1-8-4-11-12(5-9(8)2)15(7-14-11)10(3)6-13/h4-5,7,10H,6,13H2,1-3H3. The fourth-order valence-corrected chi connectivity index (χ4v) is 1.75. The summed E-state index contributed by atoms with van der Waals surface area (Å²) in [4.78, 5) is 4.40. The van der Waals surface area contributed by atoms with Gasteiger partial charge in [0.15, 0.2) is 0 Å². The van der Waals surface area contributed by atoms with Gasteiger partial charge in [0.1, 0.15) is 0 Å². The third kappa shape index (κ3) is 1.63. The SMILES string of the molecule is Cc1cc2ncn(C(C)CN)c2cc1C. The van der Waals surface area contributed by atoms with Crippen molar-refractivity contribution in [2.45, 2.75) is 26.8 Å². The van der Waals surface area contributed by atoms with E-state index in [1.807, 2.05) is 6.33 Å². The quantitative estimate of drug-likeness (QED) is 0.813. The summed E-state index contributed by atoms with van der Waals surface area (Å²) in [5, 5.41) is 0. The first-order valence-corrected chi connectivity index (χ1v) is 5.27. The van der Waals surface area contributed by atoms with Gasteiger partial charge in [-0.05, 0) is 44.0 Å². The van der Waals surface area contributed by atoms with Crippen LogP contribution in [0.15, 0.2) is 18.5 Å². The Morgan fingerprint density at radius 2 is 2.00 bits per heavy atom. The first-order valence-electron chi connectivity index (χ1n) is 5.27. The molecule has 80 valence electrons. The Labute approximate surface area is 89.9 Å². The Bertz CT molecular complexity index is 485. The summed E-state index contributed by atoms with van der Waals surface area (Å²) < 4.78 is 2.14. The van der Waals surface area contributed by atoms with Gasteiger partial charge in [-0.2, -0.15) is 0 Å². The lowest BCUT2D eigenvalue weighted by atomic mass is 10.1. The summed E-state index contributed by atoms with van der Waals surface area (Å²) in [6, 6.07) is 4.62. The fraction of sp³-hybridized carbons (Fsp3) is 0.417. The molecule has 0 saturated heterocycles. The molecular weight excluding hydrogens is 186 g/mol. The van der Waals surface area contributed by atoms with Crippen molar-refractivity contribution in [1.82, 2.24) is 9.55 Å². The van der Waals surface area contributed by atoms with Gasteiger partial charge in [0.25, 0.3) is 0 Å². The van der Waals surface area contributed by atoms with Gasteiger partial charge in [-0.1, -0.05) is 0 Å². The molecule has 0 saturated carbocycles. The highest BCUT2D eigenvalue weighted by molar-refractivity contribution is 5.77. The summed E-state index contributed by atoms with van der Waals surface area (Å²) in [5.74, 6) is 0. The molecule has 1 aromatic heterocycles. The molecule has 0 spiro atoms. The van der Waals surface area contributed by atoms with Crippen molar-refractivity contribution in [3.8, 4) is 0 Å². The van der Waals surface area contributed by atoms with E-state index >= 15 is 0 Å². The van der Waals surface area contributed by atoms with Crippen LogP contribution in [0.2, 0.25) is 0 Å². The Balaban J connectivity index is 2.64. The molecule has 15 heavy (non-hydrogen) atoms. The normalized spacial score (nSPS) is 13.3.